The van der Waals surface area contributed by atoms with Crippen LogP contribution in [0.25, 0.3) is 0 Å². The van der Waals surface area contributed by atoms with Crippen molar-refractivity contribution in [1.82, 2.24) is 9.97 Å². The molecule has 1 heterocycles. The van der Waals surface area contributed by atoms with E-state index in [1.165, 1.54) is 12.5 Å². The molecule has 1 aromatic heterocycles. The number of nitriles is 1. The topological polar surface area (TPSA) is 73.0 Å². The smallest absolute Gasteiger partial charge is 0.149 e. The first kappa shape index (κ1) is 11.8. The monoisotopic (exact) mass is 232 g/mol. The second kappa shape index (κ2) is 4.68. The summed E-state index contributed by atoms with van der Waals surface area (Å²) >= 11 is 0. The van der Waals surface area contributed by atoms with Gasteiger partial charge in [0.1, 0.15) is 23.8 Å². The van der Waals surface area contributed by atoms with Gasteiger partial charge in [-0.2, -0.15) is 5.26 Å². The Bertz CT molecular complexity index is 434. The molecule has 0 radical (unpaired) electrons. The Morgan fingerprint density at radius 3 is 2.88 bits per heavy atom. The first-order chi connectivity index (χ1) is 8.14. The van der Waals surface area contributed by atoms with Crippen molar-refractivity contribution in [1.29, 1.82) is 5.26 Å². The highest BCUT2D eigenvalue weighted by atomic mass is 16.3. The Hall–Kier alpha value is -1.67. The zero-order valence-corrected chi connectivity index (χ0v) is 9.93. The molecule has 5 heteroatoms. The van der Waals surface area contributed by atoms with Crippen LogP contribution in [0.5, 0.6) is 0 Å². The third-order valence-electron chi connectivity index (χ3n) is 3.24. The van der Waals surface area contributed by atoms with Gasteiger partial charge >= 0.3 is 0 Å². The lowest BCUT2D eigenvalue weighted by Gasteiger charge is -2.29. The third-order valence-corrected chi connectivity index (χ3v) is 3.24. The fraction of sp³-hybridized carbons (Fsp3) is 0.583. The zero-order valence-electron chi connectivity index (χ0n) is 9.93. The van der Waals surface area contributed by atoms with E-state index in [1.54, 1.807) is 0 Å². The van der Waals surface area contributed by atoms with Crippen LogP contribution in [-0.2, 0) is 0 Å². The maximum absolute atomic E-state index is 10.3. The number of hydrogen-bond donors (Lipinski definition) is 1. The molecule has 1 fully saturated rings. The molecule has 17 heavy (non-hydrogen) atoms. The number of rotatable bonds is 3. The van der Waals surface area contributed by atoms with Crippen molar-refractivity contribution >= 4 is 5.82 Å². The van der Waals surface area contributed by atoms with Crippen molar-refractivity contribution in [3.05, 3.63) is 18.1 Å². The Morgan fingerprint density at radius 2 is 2.24 bits per heavy atom. The predicted molar refractivity (Wildman–Crippen MR) is 63.4 cm³/mol. The van der Waals surface area contributed by atoms with Gasteiger partial charge in [-0.1, -0.05) is 12.8 Å². The van der Waals surface area contributed by atoms with Crippen molar-refractivity contribution < 1.29 is 5.11 Å². The summed E-state index contributed by atoms with van der Waals surface area (Å²) in [5.41, 5.74) is -0.191. The van der Waals surface area contributed by atoms with Crippen LogP contribution in [0, 0.1) is 11.3 Å². The van der Waals surface area contributed by atoms with Gasteiger partial charge in [-0.3, -0.25) is 0 Å². The van der Waals surface area contributed by atoms with Crippen LogP contribution < -0.4 is 4.90 Å². The summed E-state index contributed by atoms with van der Waals surface area (Å²) in [7, 11) is 1.85. The van der Waals surface area contributed by atoms with Crippen LogP contribution in [0.1, 0.15) is 31.2 Å². The van der Waals surface area contributed by atoms with Gasteiger partial charge in [0.2, 0.25) is 0 Å². The summed E-state index contributed by atoms with van der Waals surface area (Å²) in [6.45, 7) is 0.513. The molecule has 1 aliphatic rings. The van der Waals surface area contributed by atoms with Crippen LogP contribution in [0.15, 0.2) is 12.5 Å². The molecule has 0 amide bonds. The first-order valence-electron chi connectivity index (χ1n) is 5.78. The standard InChI is InChI=1S/C12H16N4O/c1-16(8-12(17)4-2-3-5-12)11-10(6-13)7-14-9-15-11/h7,9,17H,2-5,8H2,1H3. The average molecular weight is 232 g/mol. The second-order valence-corrected chi connectivity index (χ2v) is 4.66. The van der Waals surface area contributed by atoms with Gasteiger partial charge < -0.3 is 10.0 Å². The lowest BCUT2D eigenvalue weighted by molar-refractivity contribution is 0.0558. The van der Waals surface area contributed by atoms with E-state index in [0.717, 1.165) is 25.7 Å². The number of anilines is 1. The van der Waals surface area contributed by atoms with Crippen LogP contribution >= 0.6 is 0 Å². The van der Waals surface area contributed by atoms with Crippen molar-refractivity contribution in [3.8, 4) is 6.07 Å². The molecule has 2 rings (SSSR count). The highest BCUT2D eigenvalue weighted by Gasteiger charge is 2.32. The number of hydrogen-bond acceptors (Lipinski definition) is 5. The Morgan fingerprint density at radius 1 is 1.53 bits per heavy atom. The van der Waals surface area contributed by atoms with E-state index in [4.69, 9.17) is 5.26 Å². The average Bonchev–Trinajstić information content (AvgIpc) is 2.75. The number of nitrogens with zero attached hydrogens (tertiary/aromatic N) is 4. The van der Waals surface area contributed by atoms with Crippen molar-refractivity contribution in [2.24, 2.45) is 0 Å². The molecule has 5 nitrogen and oxygen atoms in total. The molecule has 0 unspecified atom stereocenters. The molecule has 0 bridgehead atoms. The Labute approximate surface area is 101 Å². The highest BCUT2D eigenvalue weighted by molar-refractivity contribution is 5.51. The molecular weight excluding hydrogens is 216 g/mol. The SMILES string of the molecule is CN(CC1(O)CCCC1)c1ncncc1C#N. The van der Waals surface area contributed by atoms with Gasteiger partial charge in [0.25, 0.3) is 0 Å². The third kappa shape index (κ3) is 2.53. The fourth-order valence-electron chi connectivity index (χ4n) is 2.41. The van der Waals surface area contributed by atoms with Gasteiger partial charge in [0.15, 0.2) is 0 Å². The molecule has 0 atom stereocenters. The molecule has 1 saturated carbocycles. The quantitative estimate of drug-likeness (QED) is 0.844. The lowest BCUT2D eigenvalue weighted by atomic mass is 10.0. The van der Waals surface area contributed by atoms with E-state index >= 15 is 0 Å². The molecule has 90 valence electrons. The van der Waals surface area contributed by atoms with E-state index in [2.05, 4.69) is 16.0 Å². The number of aromatic nitrogens is 2. The van der Waals surface area contributed by atoms with E-state index < -0.39 is 5.60 Å². The molecule has 0 aliphatic heterocycles. The van der Waals surface area contributed by atoms with Gasteiger partial charge in [0.05, 0.1) is 11.8 Å². The van der Waals surface area contributed by atoms with Crippen LogP contribution in [-0.4, -0.2) is 34.3 Å². The minimum absolute atomic E-state index is 0.441. The minimum atomic E-state index is -0.633. The normalized spacial score (nSPS) is 17.7. The highest BCUT2D eigenvalue weighted by Crippen LogP contribution is 2.31. The van der Waals surface area contributed by atoms with E-state index in [-0.39, 0.29) is 0 Å². The molecule has 1 N–H and O–H groups in total. The van der Waals surface area contributed by atoms with Crippen LogP contribution in [0.2, 0.25) is 0 Å². The van der Waals surface area contributed by atoms with E-state index in [9.17, 15) is 5.11 Å². The van der Waals surface area contributed by atoms with Crippen LogP contribution in [0.4, 0.5) is 5.82 Å². The zero-order chi connectivity index (χ0) is 12.3. The van der Waals surface area contributed by atoms with Crippen LogP contribution in [0.3, 0.4) is 0 Å². The number of likely N-dealkylation sites (N-methyl/N-ethyl adjacent to an activating group) is 1. The first-order valence-corrected chi connectivity index (χ1v) is 5.78. The summed E-state index contributed by atoms with van der Waals surface area (Å²) in [6, 6.07) is 2.07. The maximum atomic E-state index is 10.3. The van der Waals surface area contributed by atoms with Crippen molar-refractivity contribution in [2.75, 3.05) is 18.5 Å². The summed E-state index contributed by atoms with van der Waals surface area (Å²) in [4.78, 5) is 9.77. The second-order valence-electron chi connectivity index (χ2n) is 4.66. The molecule has 0 saturated heterocycles. The summed E-state index contributed by atoms with van der Waals surface area (Å²) in [5.74, 6) is 0.586. The van der Waals surface area contributed by atoms with Gasteiger partial charge in [-0.05, 0) is 12.8 Å². The molecule has 0 aromatic carbocycles. The van der Waals surface area contributed by atoms with E-state index in [0.29, 0.717) is 17.9 Å². The van der Waals surface area contributed by atoms with Crippen molar-refractivity contribution in [2.45, 2.75) is 31.3 Å². The fourth-order valence-corrected chi connectivity index (χ4v) is 2.41. The molecule has 1 aromatic rings. The molecule has 1 aliphatic carbocycles. The van der Waals surface area contributed by atoms with Gasteiger partial charge in [0, 0.05) is 13.6 Å². The predicted octanol–water partition coefficient (Wildman–Crippen LogP) is 1.09. The minimum Gasteiger partial charge on any atom is -0.388 e. The van der Waals surface area contributed by atoms with Crippen molar-refractivity contribution in [3.63, 3.8) is 0 Å². The van der Waals surface area contributed by atoms with E-state index in [1.807, 2.05) is 11.9 Å². The summed E-state index contributed by atoms with van der Waals surface area (Å²) < 4.78 is 0. The lowest BCUT2D eigenvalue weighted by Crippen LogP contribution is -2.39. The molecular formula is C12H16N4O. The maximum Gasteiger partial charge on any atom is 0.149 e. The summed E-state index contributed by atoms with van der Waals surface area (Å²) in [6.07, 6.45) is 6.70. The van der Waals surface area contributed by atoms with Gasteiger partial charge in [-0.25, -0.2) is 9.97 Å². The number of aliphatic hydroxyl groups is 1. The van der Waals surface area contributed by atoms with Gasteiger partial charge in [-0.15, -0.1) is 0 Å². The Balaban J connectivity index is 2.14. The Kier molecular flexibility index (Phi) is 3.25. The largest absolute Gasteiger partial charge is 0.388 e. The summed E-state index contributed by atoms with van der Waals surface area (Å²) in [5, 5.41) is 19.3. The molecule has 0 spiro atoms.